The van der Waals surface area contributed by atoms with Gasteiger partial charge in [0.25, 0.3) is 0 Å². The lowest BCUT2D eigenvalue weighted by Gasteiger charge is -2.29. The predicted molar refractivity (Wildman–Crippen MR) is 180 cm³/mol. The van der Waals surface area contributed by atoms with Gasteiger partial charge in [-0.3, -0.25) is 14.4 Å². The van der Waals surface area contributed by atoms with Crippen molar-refractivity contribution in [2.75, 3.05) is 0 Å². The quantitative estimate of drug-likeness (QED) is 0.0573. The van der Waals surface area contributed by atoms with E-state index in [1.165, 1.54) is 55.0 Å². The number of amides is 1. The SMILES string of the molecule is CCCCCCCC(=O)CCCCCC/C=C/C(C(=O)NC(Cc1ccc(Oc2cccc(F)c2)cc1)C(=O)O)C(O)(CC(=O)O)C(=O)O. The molecule has 2 aromatic carbocycles. The Bertz CT molecular complexity index is 1410. The second kappa shape index (κ2) is 21.4. The van der Waals surface area contributed by atoms with E-state index in [1.807, 2.05) is 0 Å². The van der Waals surface area contributed by atoms with Crippen molar-refractivity contribution in [1.82, 2.24) is 5.32 Å². The Kier molecular flexibility index (Phi) is 17.7. The molecule has 0 saturated heterocycles. The van der Waals surface area contributed by atoms with Gasteiger partial charge in [0.15, 0.2) is 5.60 Å². The molecule has 0 bridgehead atoms. The summed E-state index contributed by atoms with van der Waals surface area (Å²) < 4.78 is 19.0. The van der Waals surface area contributed by atoms with Crippen LogP contribution < -0.4 is 10.1 Å². The number of carboxylic acids is 3. The fourth-order valence-electron chi connectivity index (χ4n) is 5.29. The number of halogens is 1. The van der Waals surface area contributed by atoms with Crippen LogP contribution in [0.25, 0.3) is 0 Å². The van der Waals surface area contributed by atoms with E-state index in [2.05, 4.69) is 12.2 Å². The van der Waals surface area contributed by atoms with Gasteiger partial charge < -0.3 is 30.5 Å². The zero-order valence-electron chi connectivity index (χ0n) is 27.9. The number of allylic oxidation sites excluding steroid dienone is 1. The van der Waals surface area contributed by atoms with Crippen LogP contribution in [-0.2, 0) is 30.4 Å². The summed E-state index contributed by atoms with van der Waals surface area (Å²) in [6, 6.07) is 10.1. The minimum atomic E-state index is -3.05. The molecule has 49 heavy (non-hydrogen) atoms. The first-order valence-corrected chi connectivity index (χ1v) is 16.8. The number of ketones is 1. The maximum Gasteiger partial charge on any atom is 0.337 e. The summed E-state index contributed by atoms with van der Waals surface area (Å²) in [7, 11) is 0. The Balaban J connectivity index is 2.01. The van der Waals surface area contributed by atoms with Gasteiger partial charge in [-0.2, -0.15) is 0 Å². The highest BCUT2D eigenvalue weighted by atomic mass is 19.1. The van der Waals surface area contributed by atoms with Crippen molar-refractivity contribution in [3.05, 3.63) is 72.1 Å². The van der Waals surface area contributed by atoms with Gasteiger partial charge in [0.05, 0.1) is 12.3 Å². The predicted octanol–water partition coefficient (Wildman–Crippen LogP) is 6.46. The van der Waals surface area contributed by atoms with Crippen molar-refractivity contribution >= 4 is 29.6 Å². The molecule has 5 N–H and O–H groups in total. The molecule has 0 fully saturated rings. The zero-order valence-corrected chi connectivity index (χ0v) is 27.9. The molecule has 0 aromatic heterocycles. The largest absolute Gasteiger partial charge is 0.481 e. The van der Waals surface area contributed by atoms with E-state index in [-0.39, 0.29) is 18.0 Å². The van der Waals surface area contributed by atoms with Crippen molar-refractivity contribution in [1.29, 1.82) is 0 Å². The highest BCUT2D eigenvalue weighted by molar-refractivity contribution is 5.94. The molecule has 3 atom stereocenters. The summed E-state index contributed by atoms with van der Waals surface area (Å²) in [6.07, 6.45) is 10.9. The summed E-state index contributed by atoms with van der Waals surface area (Å²) in [5.74, 6) is -7.77. The number of nitrogens with one attached hydrogen (secondary N) is 1. The van der Waals surface area contributed by atoms with E-state index in [1.54, 1.807) is 6.07 Å². The lowest BCUT2D eigenvalue weighted by atomic mass is 9.82. The molecular formula is C37H48FNO10. The number of rotatable bonds is 25. The molecule has 0 saturated carbocycles. The molecule has 0 aliphatic carbocycles. The number of hydrogen-bond donors (Lipinski definition) is 5. The topological polar surface area (TPSA) is 188 Å². The van der Waals surface area contributed by atoms with Crippen LogP contribution >= 0.6 is 0 Å². The van der Waals surface area contributed by atoms with Crippen LogP contribution in [0.4, 0.5) is 4.39 Å². The molecule has 0 aliphatic heterocycles. The van der Waals surface area contributed by atoms with Crippen LogP contribution in [0, 0.1) is 11.7 Å². The summed E-state index contributed by atoms with van der Waals surface area (Å²) in [4.78, 5) is 61.0. The van der Waals surface area contributed by atoms with E-state index in [0.717, 1.165) is 51.0 Å². The Morgan fingerprint density at radius 2 is 1.49 bits per heavy atom. The van der Waals surface area contributed by atoms with Gasteiger partial charge in [0.1, 0.15) is 29.1 Å². The molecule has 0 heterocycles. The second-order valence-corrected chi connectivity index (χ2v) is 12.2. The maximum absolute atomic E-state index is 13.5. The Labute approximate surface area is 286 Å². The fraction of sp³-hybridized carbons (Fsp3) is 0.486. The third-order valence-corrected chi connectivity index (χ3v) is 8.06. The number of benzene rings is 2. The number of ether oxygens (including phenoxy) is 1. The van der Waals surface area contributed by atoms with Gasteiger partial charge in [-0.05, 0) is 55.5 Å². The zero-order chi connectivity index (χ0) is 36.2. The molecular weight excluding hydrogens is 637 g/mol. The van der Waals surface area contributed by atoms with Crippen molar-refractivity contribution in [2.24, 2.45) is 5.92 Å². The molecule has 2 rings (SSSR count). The van der Waals surface area contributed by atoms with E-state index < -0.39 is 53.6 Å². The molecule has 11 nitrogen and oxygen atoms in total. The number of hydrogen-bond acceptors (Lipinski definition) is 7. The van der Waals surface area contributed by atoms with E-state index in [4.69, 9.17) is 4.74 Å². The summed E-state index contributed by atoms with van der Waals surface area (Å²) >= 11 is 0. The monoisotopic (exact) mass is 685 g/mol. The highest BCUT2D eigenvalue weighted by Crippen LogP contribution is 2.26. The van der Waals surface area contributed by atoms with Crippen LogP contribution in [-0.4, -0.2) is 61.7 Å². The van der Waals surface area contributed by atoms with Gasteiger partial charge in [0.2, 0.25) is 5.91 Å². The maximum atomic E-state index is 13.5. The molecule has 268 valence electrons. The van der Waals surface area contributed by atoms with Crippen LogP contribution in [0.1, 0.15) is 96.0 Å². The lowest BCUT2D eigenvalue weighted by molar-refractivity contribution is -0.172. The Morgan fingerprint density at radius 3 is 2.06 bits per heavy atom. The molecule has 0 spiro atoms. The van der Waals surface area contributed by atoms with Gasteiger partial charge >= 0.3 is 17.9 Å². The third-order valence-electron chi connectivity index (χ3n) is 8.06. The van der Waals surface area contributed by atoms with Gasteiger partial charge in [-0.1, -0.05) is 75.8 Å². The average molecular weight is 686 g/mol. The summed E-state index contributed by atoms with van der Waals surface area (Å²) in [5, 5.41) is 42.1. The molecule has 1 amide bonds. The number of carbonyl (C=O) groups is 5. The van der Waals surface area contributed by atoms with Crippen molar-refractivity contribution in [3.8, 4) is 11.5 Å². The van der Waals surface area contributed by atoms with E-state index in [0.29, 0.717) is 37.0 Å². The van der Waals surface area contributed by atoms with Gasteiger partial charge in [-0.15, -0.1) is 0 Å². The summed E-state index contributed by atoms with van der Waals surface area (Å²) in [5.41, 5.74) is -2.60. The number of aliphatic hydroxyl groups is 1. The normalized spacial score (nSPS) is 13.7. The van der Waals surface area contributed by atoms with Crippen molar-refractivity contribution < 1.29 is 53.5 Å². The molecule has 12 heteroatoms. The first-order valence-electron chi connectivity index (χ1n) is 16.8. The lowest BCUT2D eigenvalue weighted by Crippen LogP contribution is -2.55. The number of unbranched alkanes of at least 4 members (excludes halogenated alkanes) is 8. The number of Topliss-reactive ketones (excluding diaryl/α,β-unsaturated/α-hetero) is 1. The minimum absolute atomic E-state index is 0.233. The minimum Gasteiger partial charge on any atom is -0.481 e. The molecule has 0 radical (unpaired) electrons. The summed E-state index contributed by atoms with van der Waals surface area (Å²) in [6.45, 7) is 2.14. The number of carboxylic acid groups (broad SMARTS) is 3. The van der Waals surface area contributed by atoms with Crippen molar-refractivity contribution in [3.63, 3.8) is 0 Å². The molecule has 0 aliphatic rings. The highest BCUT2D eigenvalue weighted by Gasteiger charge is 2.49. The smallest absolute Gasteiger partial charge is 0.337 e. The average Bonchev–Trinajstić information content (AvgIpc) is 3.04. The molecule has 3 unspecified atom stereocenters. The van der Waals surface area contributed by atoms with E-state index >= 15 is 0 Å². The number of carbonyl (C=O) groups excluding carboxylic acids is 2. The van der Waals surface area contributed by atoms with Gasteiger partial charge in [0, 0.05) is 25.3 Å². The fourth-order valence-corrected chi connectivity index (χ4v) is 5.29. The number of aliphatic carboxylic acids is 3. The standard InChI is InChI=1S/C37H48FNO10/c1-2-3-4-7-10-15-28(40)16-11-8-5-6-9-12-18-31(37(48,36(46)47)25-33(41)42)34(43)39-32(35(44)45)23-26-19-21-29(22-20-26)49-30-17-13-14-27(38)24-30/h12-14,17-22,24,31-32,48H,2-11,15-16,23,25H2,1H3,(H,39,43)(H,41,42)(H,44,45)(H,46,47)/b18-12+. The van der Waals surface area contributed by atoms with E-state index in [9.17, 15) is 48.8 Å². The van der Waals surface area contributed by atoms with Crippen LogP contribution in [0.15, 0.2) is 60.7 Å². The Morgan fingerprint density at radius 1 is 0.857 bits per heavy atom. The molecule has 2 aromatic rings. The van der Waals surface area contributed by atoms with Gasteiger partial charge in [-0.25, -0.2) is 14.0 Å². The first-order chi connectivity index (χ1) is 23.3. The van der Waals surface area contributed by atoms with Crippen molar-refractivity contribution in [2.45, 2.75) is 108 Å². The second-order valence-electron chi connectivity index (χ2n) is 12.2. The van der Waals surface area contributed by atoms with Crippen LogP contribution in [0.3, 0.4) is 0 Å². The first kappa shape index (κ1) is 40.6. The Hall–Kier alpha value is -4.58. The third kappa shape index (κ3) is 15.0. The van der Waals surface area contributed by atoms with Crippen LogP contribution in [0.5, 0.6) is 11.5 Å². The van der Waals surface area contributed by atoms with Crippen LogP contribution in [0.2, 0.25) is 0 Å².